The molecule has 0 spiro atoms. The van der Waals surface area contributed by atoms with Gasteiger partial charge in [0.15, 0.2) is 5.69 Å². The molecule has 134 valence electrons. The highest BCUT2D eigenvalue weighted by atomic mass is 16.6. The van der Waals surface area contributed by atoms with Crippen molar-refractivity contribution in [1.82, 2.24) is 19.6 Å². The lowest BCUT2D eigenvalue weighted by Crippen LogP contribution is -2.09. The Morgan fingerprint density at radius 1 is 1.35 bits per heavy atom. The molecule has 0 atom stereocenters. The van der Waals surface area contributed by atoms with Crippen LogP contribution in [0.1, 0.15) is 35.9 Å². The molecule has 0 saturated carbocycles. The summed E-state index contributed by atoms with van der Waals surface area (Å²) in [6.45, 7) is 4.55. The standard InChI is InChI=1S/C18H19N5O3/c1-12(2)23-17-5-4-14(8-15(17)16(9-19)21-23)22-11-13(10-20-22)18(24)26-7-6-25-3/h4-5,8,10-12H,6-7H2,1-3H3. The van der Waals surface area contributed by atoms with E-state index in [-0.39, 0.29) is 12.6 Å². The first-order valence-corrected chi connectivity index (χ1v) is 8.18. The number of nitrogens with zero attached hydrogens (tertiary/aromatic N) is 5. The summed E-state index contributed by atoms with van der Waals surface area (Å²) in [6, 6.07) is 7.88. The smallest absolute Gasteiger partial charge is 0.341 e. The van der Waals surface area contributed by atoms with Gasteiger partial charge in [0.05, 0.1) is 29.6 Å². The first kappa shape index (κ1) is 17.6. The molecule has 0 aliphatic carbocycles. The summed E-state index contributed by atoms with van der Waals surface area (Å²) in [5, 5.41) is 18.7. The molecule has 0 amide bonds. The monoisotopic (exact) mass is 353 g/mol. The van der Waals surface area contributed by atoms with Crippen molar-refractivity contribution in [2.45, 2.75) is 19.9 Å². The van der Waals surface area contributed by atoms with E-state index in [2.05, 4.69) is 16.3 Å². The number of fused-ring (bicyclic) bond motifs is 1. The molecule has 3 aromatic rings. The topological polar surface area (TPSA) is 95.0 Å². The maximum atomic E-state index is 12.0. The summed E-state index contributed by atoms with van der Waals surface area (Å²) in [5.74, 6) is -0.459. The fourth-order valence-corrected chi connectivity index (χ4v) is 2.62. The molecule has 0 unspecified atom stereocenters. The number of ether oxygens (including phenoxy) is 2. The lowest BCUT2D eigenvalue weighted by Gasteiger charge is -2.07. The van der Waals surface area contributed by atoms with Gasteiger partial charge in [0.25, 0.3) is 0 Å². The molecule has 8 heteroatoms. The van der Waals surface area contributed by atoms with Crippen molar-refractivity contribution in [1.29, 1.82) is 5.26 Å². The van der Waals surface area contributed by atoms with E-state index in [4.69, 9.17) is 9.47 Å². The third-order valence-electron chi connectivity index (χ3n) is 3.89. The zero-order chi connectivity index (χ0) is 18.7. The van der Waals surface area contributed by atoms with Crippen molar-refractivity contribution in [2.75, 3.05) is 20.3 Å². The van der Waals surface area contributed by atoms with Crippen LogP contribution in [-0.2, 0) is 9.47 Å². The van der Waals surface area contributed by atoms with Gasteiger partial charge in [-0.15, -0.1) is 0 Å². The average Bonchev–Trinajstić information content (AvgIpc) is 3.26. The Bertz CT molecular complexity index is 981. The fraction of sp³-hybridized carbons (Fsp3) is 0.333. The molecule has 0 bridgehead atoms. The SMILES string of the molecule is COCCOC(=O)c1cnn(-c2ccc3c(c2)c(C#N)nn3C(C)C)c1. The van der Waals surface area contributed by atoms with Crippen molar-refractivity contribution < 1.29 is 14.3 Å². The molecule has 2 heterocycles. The molecule has 26 heavy (non-hydrogen) atoms. The average molecular weight is 353 g/mol. The number of benzene rings is 1. The first-order chi connectivity index (χ1) is 12.5. The molecule has 0 aliphatic heterocycles. The van der Waals surface area contributed by atoms with Gasteiger partial charge in [-0.1, -0.05) is 0 Å². The minimum Gasteiger partial charge on any atom is -0.460 e. The quantitative estimate of drug-likeness (QED) is 0.499. The number of nitriles is 1. The highest BCUT2D eigenvalue weighted by Crippen LogP contribution is 2.24. The van der Waals surface area contributed by atoms with E-state index in [1.807, 2.05) is 36.7 Å². The van der Waals surface area contributed by atoms with Crippen molar-refractivity contribution >= 4 is 16.9 Å². The predicted molar refractivity (Wildman–Crippen MR) is 94.1 cm³/mol. The number of carbonyl (C=O) groups excluding carboxylic acids is 1. The van der Waals surface area contributed by atoms with Gasteiger partial charge in [-0.3, -0.25) is 4.68 Å². The maximum absolute atomic E-state index is 12.0. The molecule has 0 radical (unpaired) electrons. The Labute approximate surface area is 150 Å². The van der Waals surface area contributed by atoms with E-state index in [9.17, 15) is 10.1 Å². The second-order valence-corrected chi connectivity index (χ2v) is 6.00. The van der Waals surface area contributed by atoms with Crippen LogP contribution in [0.4, 0.5) is 0 Å². The van der Waals surface area contributed by atoms with Crippen LogP contribution >= 0.6 is 0 Å². The van der Waals surface area contributed by atoms with Gasteiger partial charge < -0.3 is 9.47 Å². The Morgan fingerprint density at radius 2 is 2.15 bits per heavy atom. The Hall–Kier alpha value is -3.18. The molecule has 3 rings (SSSR count). The van der Waals surface area contributed by atoms with E-state index in [1.165, 1.54) is 6.20 Å². The number of rotatable bonds is 6. The third kappa shape index (κ3) is 3.30. The van der Waals surface area contributed by atoms with E-state index < -0.39 is 5.97 Å². The van der Waals surface area contributed by atoms with Gasteiger partial charge in [-0.2, -0.15) is 15.5 Å². The second-order valence-electron chi connectivity index (χ2n) is 6.00. The summed E-state index contributed by atoms with van der Waals surface area (Å²) in [5.41, 5.74) is 2.32. The summed E-state index contributed by atoms with van der Waals surface area (Å²) in [7, 11) is 1.54. The maximum Gasteiger partial charge on any atom is 0.341 e. The molecule has 0 saturated heterocycles. The molecule has 0 N–H and O–H groups in total. The number of hydrogen-bond donors (Lipinski definition) is 0. The zero-order valence-electron chi connectivity index (χ0n) is 14.8. The van der Waals surface area contributed by atoms with Crippen LogP contribution in [0.15, 0.2) is 30.6 Å². The number of hydrogen-bond acceptors (Lipinski definition) is 6. The van der Waals surface area contributed by atoms with Crippen LogP contribution in [0.3, 0.4) is 0 Å². The first-order valence-electron chi connectivity index (χ1n) is 8.18. The van der Waals surface area contributed by atoms with Gasteiger partial charge in [0.2, 0.25) is 0 Å². The Morgan fingerprint density at radius 3 is 2.85 bits per heavy atom. The van der Waals surface area contributed by atoms with Crippen LogP contribution in [0, 0.1) is 11.3 Å². The van der Waals surface area contributed by atoms with Gasteiger partial charge >= 0.3 is 5.97 Å². The molecule has 0 fully saturated rings. The van der Waals surface area contributed by atoms with Crippen LogP contribution in [0.2, 0.25) is 0 Å². The van der Waals surface area contributed by atoms with Gasteiger partial charge in [0, 0.05) is 24.7 Å². The minimum atomic E-state index is -0.459. The normalized spacial score (nSPS) is 11.0. The van der Waals surface area contributed by atoms with Gasteiger partial charge in [0.1, 0.15) is 12.7 Å². The Balaban J connectivity index is 1.92. The Kier molecular flexibility index (Phi) is 5.00. The van der Waals surface area contributed by atoms with Gasteiger partial charge in [-0.05, 0) is 32.0 Å². The van der Waals surface area contributed by atoms with Crippen LogP contribution in [0.25, 0.3) is 16.6 Å². The highest BCUT2D eigenvalue weighted by molar-refractivity contribution is 5.89. The summed E-state index contributed by atoms with van der Waals surface area (Å²) < 4.78 is 13.3. The van der Waals surface area contributed by atoms with Crippen LogP contribution in [0.5, 0.6) is 0 Å². The number of esters is 1. The van der Waals surface area contributed by atoms with Crippen LogP contribution < -0.4 is 0 Å². The van der Waals surface area contributed by atoms with Crippen LogP contribution in [-0.4, -0.2) is 45.9 Å². The minimum absolute atomic E-state index is 0.142. The fourth-order valence-electron chi connectivity index (χ4n) is 2.62. The lowest BCUT2D eigenvalue weighted by atomic mass is 10.2. The summed E-state index contributed by atoms with van der Waals surface area (Å²) in [6.07, 6.45) is 3.04. The molecule has 0 aliphatic rings. The van der Waals surface area contributed by atoms with E-state index >= 15 is 0 Å². The zero-order valence-corrected chi connectivity index (χ0v) is 14.8. The van der Waals surface area contributed by atoms with E-state index in [0.29, 0.717) is 17.9 Å². The van der Waals surface area contributed by atoms with Crippen molar-refractivity contribution in [2.24, 2.45) is 0 Å². The summed E-state index contributed by atoms with van der Waals surface area (Å²) >= 11 is 0. The lowest BCUT2D eigenvalue weighted by molar-refractivity contribution is 0.0388. The molecular weight excluding hydrogens is 334 g/mol. The highest BCUT2D eigenvalue weighted by Gasteiger charge is 2.15. The van der Waals surface area contributed by atoms with Crippen molar-refractivity contribution in [3.05, 3.63) is 41.9 Å². The molecule has 8 nitrogen and oxygen atoms in total. The van der Waals surface area contributed by atoms with E-state index in [0.717, 1.165) is 16.6 Å². The van der Waals surface area contributed by atoms with Crippen molar-refractivity contribution in [3.63, 3.8) is 0 Å². The number of carbonyl (C=O) groups is 1. The number of methoxy groups -OCH3 is 1. The summed E-state index contributed by atoms with van der Waals surface area (Å²) in [4.78, 5) is 12.0. The molecule has 1 aromatic carbocycles. The second kappa shape index (κ2) is 7.37. The largest absolute Gasteiger partial charge is 0.460 e. The van der Waals surface area contributed by atoms with Crippen molar-refractivity contribution in [3.8, 4) is 11.8 Å². The number of aromatic nitrogens is 4. The molecular formula is C18H19N5O3. The van der Waals surface area contributed by atoms with Gasteiger partial charge in [-0.25, -0.2) is 9.48 Å². The van der Waals surface area contributed by atoms with E-state index in [1.54, 1.807) is 18.0 Å². The predicted octanol–water partition coefficient (Wildman–Crippen LogP) is 2.48. The third-order valence-corrected chi connectivity index (χ3v) is 3.89. The molecule has 2 aromatic heterocycles.